The maximum atomic E-state index is 11.8. The lowest BCUT2D eigenvalue weighted by molar-refractivity contribution is -0.130. The van der Waals surface area contributed by atoms with Gasteiger partial charge in [0.2, 0.25) is 5.91 Å². The molecule has 108 valence electrons. The second-order valence-electron chi connectivity index (χ2n) is 5.10. The van der Waals surface area contributed by atoms with E-state index in [-0.39, 0.29) is 17.7 Å². The Hall–Kier alpha value is -2.04. The molecule has 1 saturated carbocycles. The van der Waals surface area contributed by atoms with Gasteiger partial charge in [0.25, 0.3) is 5.91 Å². The summed E-state index contributed by atoms with van der Waals surface area (Å²) in [5, 5.41) is 0. The Kier molecular flexibility index (Phi) is 4.98. The number of nitrogens with one attached hydrogen (secondary N) is 2. The molecule has 5 nitrogen and oxygen atoms in total. The van der Waals surface area contributed by atoms with Crippen LogP contribution in [0.5, 0.6) is 0 Å². The molecule has 1 aromatic heterocycles. The van der Waals surface area contributed by atoms with Crippen LogP contribution in [-0.2, 0) is 9.59 Å². The topological polar surface area (TPSA) is 71.3 Å². The van der Waals surface area contributed by atoms with E-state index >= 15 is 0 Å². The Balaban J connectivity index is 1.74. The van der Waals surface area contributed by atoms with Crippen molar-refractivity contribution in [3.63, 3.8) is 0 Å². The van der Waals surface area contributed by atoms with Gasteiger partial charge in [-0.3, -0.25) is 20.4 Å². The fourth-order valence-corrected chi connectivity index (χ4v) is 2.33. The van der Waals surface area contributed by atoms with Crippen LogP contribution in [0.3, 0.4) is 0 Å². The molecule has 0 aliphatic heterocycles. The molecule has 0 radical (unpaired) electrons. The molecule has 2 rings (SSSR count). The third-order valence-corrected chi connectivity index (χ3v) is 3.44. The van der Waals surface area contributed by atoms with E-state index in [1.165, 1.54) is 12.5 Å². The van der Waals surface area contributed by atoms with Gasteiger partial charge in [0, 0.05) is 12.0 Å². The molecule has 5 heteroatoms. The molecule has 1 aromatic rings. The molecule has 1 aliphatic rings. The van der Waals surface area contributed by atoms with Crippen LogP contribution in [0, 0.1) is 12.8 Å². The van der Waals surface area contributed by atoms with E-state index in [1.54, 1.807) is 12.1 Å². The van der Waals surface area contributed by atoms with Crippen molar-refractivity contribution in [3.05, 3.63) is 29.7 Å². The van der Waals surface area contributed by atoms with Gasteiger partial charge in [-0.1, -0.05) is 19.3 Å². The Morgan fingerprint density at radius 2 is 1.95 bits per heavy atom. The molecule has 0 saturated heterocycles. The highest BCUT2D eigenvalue weighted by Gasteiger charge is 2.20. The van der Waals surface area contributed by atoms with Crippen LogP contribution in [0.1, 0.15) is 43.6 Å². The van der Waals surface area contributed by atoms with E-state index in [2.05, 4.69) is 10.9 Å². The first-order valence-corrected chi connectivity index (χ1v) is 6.99. The Bertz CT molecular complexity index is 499. The number of carbonyl (C=O) groups excluding carboxylic acids is 2. The normalized spacial score (nSPS) is 16.2. The van der Waals surface area contributed by atoms with Crippen LogP contribution in [0.4, 0.5) is 0 Å². The Labute approximate surface area is 118 Å². The minimum absolute atomic E-state index is 0.0285. The molecule has 20 heavy (non-hydrogen) atoms. The lowest BCUT2D eigenvalue weighted by atomic mass is 9.89. The maximum absolute atomic E-state index is 11.8. The molecular weight excluding hydrogens is 256 g/mol. The second kappa shape index (κ2) is 6.93. The average molecular weight is 276 g/mol. The van der Waals surface area contributed by atoms with Crippen molar-refractivity contribution in [3.8, 4) is 0 Å². The molecule has 0 unspecified atom stereocenters. The highest BCUT2D eigenvalue weighted by molar-refractivity contribution is 5.93. The number of furan rings is 1. The first-order valence-electron chi connectivity index (χ1n) is 6.99. The summed E-state index contributed by atoms with van der Waals surface area (Å²) in [7, 11) is 0. The van der Waals surface area contributed by atoms with Crippen molar-refractivity contribution in [1.82, 2.24) is 10.9 Å². The highest BCUT2D eigenvalue weighted by atomic mass is 16.3. The molecule has 2 N–H and O–H groups in total. The van der Waals surface area contributed by atoms with Crippen LogP contribution in [-0.4, -0.2) is 11.8 Å². The van der Waals surface area contributed by atoms with Gasteiger partial charge in [-0.05, 0) is 38.0 Å². The summed E-state index contributed by atoms with van der Waals surface area (Å²) >= 11 is 0. The molecule has 0 bridgehead atoms. The van der Waals surface area contributed by atoms with Crippen molar-refractivity contribution in [1.29, 1.82) is 0 Å². The van der Waals surface area contributed by atoms with Crippen molar-refractivity contribution < 1.29 is 14.0 Å². The van der Waals surface area contributed by atoms with Gasteiger partial charge in [-0.15, -0.1) is 0 Å². The summed E-state index contributed by atoms with van der Waals surface area (Å²) in [6, 6.07) is 3.60. The minimum Gasteiger partial charge on any atom is -0.462 e. The van der Waals surface area contributed by atoms with Gasteiger partial charge < -0.3 is 4.42 Å². The Morgan fingerprint density at radius 1 is 1.20 bits per heavy atom. The zero-order valence-electron chi connectivity index (χ0n) is 11.6. The number of hydrazine groups is 1. The number of aryl methyl sites for hydroxylation is 1. The van der Waals surface area contributed by atoms with Crippen molar-refractivity contribution in [2.45, 2.75) is 39.0 Å². The third kappa shape index (κ3) is 4.26. The van der Waals surface area contributed by atoms with E-state index in [0.717, 1.165) is 31.4 Å². The summed E-state index contributed by atoms with van der Waals surface area (Å²) in [4.78, 5) is 23.4. The van der Waals surface area contributed by atoms with Crippen molar-refractivity contribution in [2.24, 2.45) is 5.92 Å². The van der Waals surface area contributed by atoms with E-state index in [9.17, 15) is 9.59 Å². The number of hydrogen-bond acceptors (Lipinski definition) is 3. The van der Waals surface area contributed by atoms with Gasteiger partial charge in [0.05, 0.1) is 0 Å². The van der Waals surface area contributed by atoms with Crippen LogP contribution in [0.15, 0.2) is 22.6 Å². The van der Waals surface area contributed by atoms with E-state index in [4.69, 9.17) is 4.42 Å². The van der Waals surface area contributed by atoms with Gasteiger partial charge in [-0.25, -0.2) is 0 Å². The van der Waals surface area contributed by atoms with Gasteiger partial charge in [0.15, 0.2) is 0 Å². The van der Waals surface area contributed by atoms with Crippen LogP contribution >= 0.6 is 0 Å². The van der Waals surface area contributed by atoms with Crippen LogP contribution < -0.4 is 10.9 Å². The molecule has 1 heterocycles. The van der Waals surface area contributed by atoms with Crippen molar-refractivity contribution >= 4 is 17.9 Å². The maximum Gasteiger partial charge on any atom is 0.262 e. The number of amides is 2. The largest absolute Gasteiger partial charge is 0.462 e. The van der Waals surface area contributed by atoms with Crippen molar-refractivity contribution in [2.75, 3.05) is 0 Å². The zero-order chi connectivity index (χ0) is 14.4. The van der Waals surface area contributed by atoms with Gasteiger partial charge in [0.1, 0.15) is 11.5 Å². The number of carbonyl (C=O) groups is 2. The minimum atomic E-state index is -0.372. The molecule has 1 aliphatic carbocycles. The van der Waals surface area contributed by atoms with Crippen LogP contribution in [0.2, 0.25) is 0 Å². The average Bonchev–Trinajstić information content (AvgIpc) is 2.89. The summed E-state index contributed by atoms with van der Waals surface area (Å²) in [5.41, 5.74) is 4.86. The first kappa shape index (κ1) is 14.4. The predicted molar refractivity (Wildman–Crippen MR) is 75.3 cm³/mol. The molecular formula is C15H20N2O3. The Morgan fingerprint density at radius 3 is 2.60 bits per heavy atom. The lowest BCUT2D eigenvalue weighted by Gasteiger charge is -2.20. The summed E-state index contributed by atoms with van der Waals surface area (Å²) in [6.45, 7) is 1.84. The summed E-state index contributed by atoms with van der Waals surface area (Å²) in [5.74, 6) is 0.955. The zero-order valence-corrected chi connectivity index (χ0v) is 11.6. The summed E-state index contributed by atoms with van der Waals surface area (Å²) in [6.07, 6.45) is 8.08. The summed E-state index contributed by atoms with van der Waals surface area (Å²) < 4.78 is 5.30. The fraction of sp³-hybridized carbons (Fsp3) is 0.467. The fourth-order valence-electron chi connectivity index (χ4n) is 2.33. The standard InChI is InChI=1S/C15H20N2O3/c1-11-7-8-13(20-11)9-10-14(18)16-17-15(19)12-5-3-2-4-6-12/h7-10,12H,2-6H2,1H3,(H,16,18)(H,17,19)/b10-9+. The molecule has 1 fully saturated rings. The second-order valence-corrected chi connectivity index (χ2v) is 5.10. The monoisotopic (exact) mass is 276 g/mol. The lowest BCUT2D eigenvalue weighted by Crippen LogP contribution is -2.44. The third-order valence-electron chi connectivity index (χ3n) is 3.44. The van der Waals surface area contributed by atoms with E-state index in [1.807, 2.05) is 13.0 Å². The quantitative estimate of drug-likeness (QED) is 0.657. The van der Waals surface area contributed by atoms with Gasteiger partial charge in [-0.2, -0.15) is 0 Å². The SMILES string of the molecule is Cc1ccc(/C=C/C(=O)NNC(=O)C2CCCCC2)o1. The molecule has 0 spiro atoms. The van der Waals surface area contributed by atoms with Crippen LogP contribution in [0.25, 0.3) is 6.08 Å². The smallest absolute Gasteiger partial charge is 0.262 e. The molecule has 0 aromatic carbocycles. The molecule has 0 atom stereocenters. The predicted octanol–water partition coefficient (Wildman–Crippen LogP) is 2.33. The number of hydrogen-bond donors (Lipinski definition) is 2. The highest BCUT2D eigenvalue weighted by Crippen LogP contribution is 2.23. The molecule has 2 amide bonds. The number of rotatable bonds is 3. The van der Waals surface area contributed by atoms with E-state index in [0.29, 0.717) is 5.76 Å². The first-order chi connectivity index (χ1) is 9.65. The van der Waals surface area contributed by atoms with Gasteiger partial charge >= 0.3 is 0 Å². The van der Waals surface area contributed by atoms with E-state index < -0.39 is 0 Å².